The molecule has 2 N–H and O–H groups in total. The Bertz CT molecular complexity index is 650. The molecule has 1 aromatic rings. The number of anilines is 1. The maximum Gasteiger partial charge on any atom is 0.263 e. The Hall–Kier alpha value is -2.68. The third-order valence-electron chi connectivity index (χ3n) is 4.21. The lowest BCUT2D eigenvalue weighted by Gasteiger charge is -2.35. The van der Waals surface area contributed by atoms with Crippen molar-refractivity contribution in [3.8, 4) is 18.1 Å². The molecule has 1 atom stereocenters. The largest absolute Gasteiger partial charge is 0.477 e. The number of fused-ring (bicyclic) bond motifs is 1. The number of nitrogens with zero attached hydrogens (tertiary/aromatic N) is 1. The van der Waals surface area contributed by atoms with E-state index in [1.165, 1.54) is 0 Å². The summed E-state index contributed by atoms with van der Waals surface area (Å²) < 4.78 is 5.86. The van der Waals surface area contributed by atoms with Crippen LogP contribution in [0.2, 0.25) is 0 Å². The molecule has 0 aromatic heterocycles. The third-order valence-corrected chi connectivity index (χ3v) is 4.21. The van der Waals surface area contributed by atoms with Crippen LogP contribution >= 0.6 is 0 Å². The van der Waals surface area contributed by atoms with Gasteiger partial charge in [0, 0.05) is 6.04 Å². The van der Waals surface area contributed by atoms with Crippen molar-refractivity contribution in [2.45, 2.75) is 38.8 Å². The Labute approximate surface area is 148 Å². The number of carbonyl (C=O) groups excluding carboxylic acids is 2. The number of carbonyl (C=O) groups is 2. The monoisotopic (exact) mass is 343 g/mol. The number of hydrogen-bond acceptors (Lipinski definition) is 4. The van der Waals surface area contributed by atoms with Gasteiger partial charge >= 0.3 is 0 Å². The smallest absolute Gasteiger partial charge is 0.263 e. The lowest BCUT2D eigenvalue weighted by atomic mass is 10.1. The molecule has 2 amide bonds. The first-order valence-electron chi connectivity index (χ1n) is 8.60. The van der Waals surface area contributed by atoms with Crippen LogP contribution in [-0.4, -0.2) is 43.6 Å². The fourth-order valence-corrected chi connectivity index (χ4v) is 2.76. The number of terminal acetylenes is 1. The Morgan fingerprint density at radius 2 is 2.08 bits per heavy atom. The number of hydrogen-bond donors (Lipinski definition) is 2. The molecule has 25 heavy (non-hydrogen) atoms. The topological polar surface area (TPSA) is 70.7 Å². The molecule has 0 saturated heterocycles. The predicted molar refractivity (Wildman–Crippen MR) is 97.4 cm³/mol. The van der Waals surface area contributed by atoms with Crippen LogP contribution in [0.15, 0.2) is 24.3 Å². The van der Waals surface area contributed by atoms with Crippen molar-refractivity contribution < 1.29 is 14.3 Å². The second-order valence-corrected chi connectivity index (χ2v) is 5.96. The summed E-state index contributed by atoms with van der Waals surface area (Å²) in [5.41, 5.74) is 0.796. The fraction of sp³-hybridized carbons (Fsp3) is 0.474. The Balaban J connectivity index is 2.12. The van der Waals surface area contributed by atoms with Gasteiger partial charge in [0.2, 0.25) is 5.91 Å². The summed E-state index contributed by atoms with van der Waals surface area (Å²) in [5, 5.41) is 5.65. The van der Waals surface area contributed by atoms with Gasteiger partial charge in [-0.2, -0.15) is 0 Å². The van der Waals surface area contributed by atoms with Gasteiger partial charge in [-0.05, 0) is 25.0 Å². The van der Waals surface area contributed by atoms with E-state index in [1.807, 2.05) is 36.9 Å². The number of nitrogens with one attached hydrogen (secondary N) is 2. The maximum atomic E-state index is 12.5. The van der Waals surface area contributed by atoms with Crippen molar-refractivity contribution in [3.63, 3.8) is 0 Å². The molecule has 0 saturated carbocycles. The minimum atomic E-state index is -0.657. The number of benzene rings is 1. The average Bonchev–Trinajstić information content (AvgIpc) is 2.64. The van der Waals surface area contributed by atoms with Gasteiger partial charge in [0.05, 0.1) is 25.3 Å². The molecule has 0 spiro atoms. The molecule has 0 unspecified atom stereocenters. The van der Waals surface area contributed by atoms with E-state index in [4.69, 9.17) is 11.2 Å². The highest BCUT2D eigenvalue weighted by Crippen LogP contribution is 2.32. The van der Waals surface area contributed by atoms with Gasteiger partial charge in [0.25, 0.3) is 5.91 Å². The first kappa shape index (κ1) is 18.7. The highest BCUT2D eigenvalue weighted by molar-refractivity contribution is 5.86. The number of rotatable bonds is 7. The standard InChI is InChI=1S/C19H25N3O3/c1-4-11-20-18(23)13-22-12-17(19(24)21-14(5-2)6-3)25-16-10-8-7-9-15(16)22/h1,7-10,14,17H,5-6,11-13H2,2-3H3,(H,20,23)(H,21,24)/t17-/m1/s1. The number of para-hydroxylation sites is 2. The highest BCUT2D eigenvalue weighted by Gasteiger charge is 2.32. The highest BCUT2D eigenvalue weighted by atomic mass is 16.5. The summed E-state index contributed by atoms with van der Waals surface area (Å²) in [6.07, 6.45) is 6.24. The first-order valence-corrected chi connectivity index (χ1v) is 8.60. The van der Waals surface area contributed by atoms with Gasteiger partial charge in [0.15, 0.2) is 6.10 Å². The molecule has 2 rings (SSSR count). The molecule has 1 aliphatic rings. The Morgan fingerprint density at radius 1 is 1.36 bits per heavy atom. The maximum absolute atomic E-state index is 12.5. The van der Waals surface area contributed by atoms with E-state index in [-0.39, 0.29) is 30.9 Å². The molecule has 0 aliphatic carbocycles. The Kier molecular flexibility index (Phi) is 6.70. The third kappa shape index (κ3) is 4.90. The zero-order chi connectivity index (χ0) is 18.2. The average molecular weight is 343 g/mol. The van der Waals surface area contributed by atoms with Crippen LogP contribution in [0.3, 0.4) is 0 Å². The molecular weight excluding hydrogens is 318 g/mol. The molecule has 6 heteroatoms. The molecule has 1 aliphatic heterocycles. The van der Waals surface area contributed by atoms with Crippen molar-refractivity contribution in [1.82, 2.24) is 10.6 Å². The molecule has 1 aromatic carbocycles. The van der Waals surface area contributed by atoms with Gasteiger partial charge < -0.3 is 20.3 Å². The van der Waals surface area contributed by atoms with Gasteiger partial charge in [-0.3, -0.25) is 9.59 Å². The quantitative estimate of drug-likeness (QED) is 0.733. The van der Waals surface area contributed by atoms with Crippen LogP contribution in [0.4, 0.5) is 5.69 Å². The van der Waals surface area contributed by atoms with E-state index in [9.17, 15) is 9.59 Å². The van der Waals surface area contributed by atoms with Crippen LogP contribution in [0, 0.1) is 12.3 Å². The van der Waals surface area contributed by atoms with Crippen molar-refractivity contribution in [2.24, 2.45) is 0 Å². The summed E-state index contributed by atoms with van der Waals surface area (Å²) >= 11 is 0. The molecule has 6 nitrogen and oxygen atoms in total. The molecule has 0 fully saturated rings. The Morgan fingerprint density at radius 3 is 2.76 bits per heavy atom. The molecule has 0 radical (unpaired) electrons. The van der Waals surface area contributed by atoms with Gasteiger partial charge in [-0.25, -0.2) is 0 Å². The van der Waals surface area contributed by atoms with Crippen molar-refractivity contribution >= 4 is 17.5 Å². The van der Waals surface area contributed by atoms with Crippen molar-refractivity contribution in [1.29, 1.82) is 0 Å². The van der Waals surface area contributed by atoms with Crippen LogP contribution in [0.1, 0.15) is 26.7 Å². The van der Waals surface area contributed by atoms with Crippen molar-refractivity contribution in [3.05, 3.63) is 24.3 Å². The normalized spacial score (nSPS) is 15.8. The summed E-state index contributed by atoms with van der Waals surface area (Å²) in [5.74, 6) is 2.64. The van der Waals surface area contributed by atoms with E-state index in [1.54, 1.807) is 6.07 Å². The van der Waals surface area contributed by atoms with Crippen LogP contribution in [0.25, 0.3) is 0 Å². The number of ether oxygens (including phenoxy) is 1. The van der Waals surface area contributed by atoms with E-state index < -0.39 is 6.10 Å². The second-order valence-electron chi connectivity index (χ2n) is 5.96. The van der Waals surface area contributed by atoms with Crippen LogP contribution in [0.5, 0.6) is 5.75 Å². The van der Waals surface area contributed by atoms with Gasteiger partial charge in [-0.1, -0.05) is 31.9 Å². The predicted octanol–water partition coefficient (Wildman–Crippen LogP) is 1.31. The van der Waals surface area contributed by atoms with E-state index in [0.717, 1.165) is 18.5 Å². The zero-order valence-corrected chi connectivity index (χ0v) is 14.7. The van der Waals surface area contributed by atoms with E-state index in [2.05, 4.69) is 16.6 Å². The summed E-state index contributed by atoms with van der Waals surface area (Å²) in [7, 11) is 0. The van der Waals surface area contributed by atoms with E-state index >= 15 is 0 Å². The molecule has 134 valence electrons. The minimum absolute atomic E-state index is 0.122. The fourth-order valence-electron chi connectivity index (χ4n) is 2.76. The minimum Gasteiger partial charge on any atom is -0.477 e. The number of amides is 2. The molecule has 0 bridgehead atoms. The zero-order valence-electron chi connectivity index (χ0n) is 14.7. The molecular formula is C19H25N3O3. The SMILES string of the molecule is C#CCNC(=O)CN1C[C@H](C(=O)NC(CC)CC)Oc2ccccc21. The van der Waals surface area contributed by atoms with Gasteiger partial charge in [0.1, 0.15) is 5.75 Å². The second kappa shape index (κ2) is 8.97. The van der Waals surface area contributed by atoms with Crippen LogP contribution < -0.4 is 20.3 Å². The molecule has 1 heterocycles. The lowest BCUT2D eigenvalue weighted by Crippen LogP contribution is -2.52. The summed E-state index contributed by atoms with van der Waals surface area (Å²) in [4.78, 5) is 26.4. The van der Waals surface area contributed by atoms with Crippen molar-refractivity contribution in [2.75, 3.05) is 24.5 Å². The summed E-state index contributed by atoms with van der Waals surface area (Å²) in [6, 6.07) is 7.52. The lowest BCUT2D eigenvalue weighted by molar-refractivity contribution is -0.129. The first-order chi connectivity index (χ1) is 12.1. The van der Waals surface area contributed by atoms with Crippen LogP contribution in [-0.2, 0) is 9.59 Å². The summed E-state index contributed by atoms with van der Waals surface area (Å²) in [6.45, 7) is 4.69. The van der Waals surface area contributed by atoms with Gasteiger partial charge in [-0.15, -0.1) is 6.42 Å². The van der Waals surface area contributed by atoms with E-state index in [0.29, 0.717) is 12.3 Å².